The van der Waals surface area contributed by atoms with Gasteiger partial charge in [0.05, 0.1) is 11.0 Å². The molecule has 1 heterocycles. The van der Waals surface area contributed by atoms with Gasteiger partial charge in [0.25, 0.3) is 5.69 Å². The molecule has 19 heavy (non-hydrogen) atoms. The summed E-state index contributed by atoms with van der Waals surface area (Å²) < 4.78 is 13.5. The predicted octanol–water partition coefficient (Wildman–Crippen LogP) is 2.23. The molecule has 1 fully saturated rings. The molecule has 1 saturated heterocycles. The molecule has 0 radical (unpaired) electrons. The first-order chi connectivity index (χ1) is 8.99. The Morgan fingerprint density at radius 2 is 2.32 bits per heavy atom. The quantitative estimate of drug-likeness (QED) is 0.671. The minimum atomic E-state index is -0.539. The van der Waals surface area contributed by atoms with Crippen molar-refractivity contribution in [2.75, 3.05) is 25.0 Å². The largest absolute Gasteiger partial charge is 0.367 e. The number of aryl methyl sites for hydroxylation is 1. The second-order valence-electron chi connectivity index (χ2n) is 5.02. The minimum absolute atomic E-state index is 0.177. The van der Waals surface area contributed by atoms with Crippen LogP contribution in [0, 0.1) is 22.9 Å². The van der Waals surface area contributed by atoms with Crippen LogP contribution in [-0.2, 0) is 0 Å². The van der Waals surface area contributed by atoms with E-state index in [-0.39, 0.29) is 5.69 Å². The molecule has 1 aromatic carbocycles. The first-order valence-electron chi connectivity index (χ1n) is 6.38. The van der Waals surface area contributed by atoms with Crippen molar-refractivity contribution in [3.63, 3.8) is 0 Å². The highest BCUT2D eigenvalue weighted by Crippen LogP contribution is 2.30. The van der Waals surface area contributed by atoms with Gasteiger partial charge in [0.15, 0.2) is 0 Å². The van der Waals surface area contributed by atoms with E-state index in [1.165, 1.54) is 0 Å². The summed E-state index contributed by atoms with van der Waals surface area (Å²) in [5.41, 5.74) is 0.716. The highest BCUT2D eigenvalue weighted by molar-refractivity contribution is 5.64. The van der Waals surface area contributed by atoms with E-state index in [0.29, 0.717) is 23.8 Å². The van der Waals surface area contributed by atoms with E-state index in [1.807, 2.05) is 4.90 Å². The van der Waals surface area contributed by atoms with Crippen LogP contribution in [0.25, 0.3) is 0 Å². The van der Waals surface area contributed by atoms with E-state index in [1.54, 1.807) is 20.0 Å². The lowest BCUT2D eigenvalue weighted by Crippen LogP contribution is -2.35. The van der Waals surface area contributed by atoms with Gasteiger partial charge in [-0.25, -0.2) is 4.39 Å². The summed E-state index contributed by atoms with van der Waals surface area (Å²) in [4.78, 5) is 12.3. The number of nitro benzene ring substituents is 1. The summed E-state index contributed by atoms with van der Waals surface area (Å²) in [6, 6.07) is 2.89. The topological polar surface area (TPSA) is 58.4 Å². The van der Waals surface area contributed by atoms with Crippen molar-refractivity contribution in [3.8, 4) is 0 Å². The van der Waals surface area contributed by atoms with Crippen molar-refractivity contribution in [1.29, 1.82) is 0 Å². The average Bonchev–Trinajstić information content (AvgIpc) is 2.84. The van der Waals surface area contributed by atoms with Crippen LogP contribution >= 0.6 is 0 Å². The number of halogens is 1. The Bertz CT molecular complexity index is 487. The molecule has 1 aliphatic heterocycles. The molecule has 104 valence electrons. The van der Waals surface area contributed by atoms with Crippen LogP contribution in [0.1, 0.15) is 18.4 Å². The normalized spacial score (nSPS) is 18.6. The van der Waals surface area contributed by atoms with Gasteiger partial charge in [-0.3, -0.25) is 10.1 Å². The van der Waals surface area contributed by atoms with Crippen LogP contribution in [0.4, 0.5) is 15.8 Å². The molecule has 2 rings (SSSR count). The zero-order valence-corrected chi connectivity index (χ0v) is 11.1. The lowest BCUT2D eigenvalue weighted by molar-refractivity contribution is -0.384. The van der Waals surface area contributed by atoms with Crippen LogP contribution in [0.15, 0.2) is 12.1 Å². The predicted molar refractivity (Wildman–Crippen MR) is 72.1 cm³/mol. The zero-order chi connectivity index (χ0) is 14.0. The SMILES string of the molecule is Cc1cc(N(C)CC2CCCN2)c([N+](=O)[O-])cc1F. The maximum Gasteiger partial charge on any atom is 0.295 e. The van der Waals surface area contributed by atoms with Crippen molar-refractivity contribution in [3.05, 3.63) is 33.6 Å². The van der Waals surface area contributed by atoms with Crippen molar-refractivity contribution in [2.24, 2.45) is 0 Å². The minimum Gasteiger partial charge on any atom is -0.367 e. The van der Waals surface area contributed by atoms with Crippen molar-refractivity contribution < 1.29 is 9.31 Å². The number of benzene rings is 1. The molecule has 0 bridgehead atoms. The Kier molecular flexibility index (Phi) is 3.99. The average molecular weight is 267 g/mol. The van der Waals surface area contributed by atoms with Gasteiger partial charge in [0, 0.05) is 19.6 Å². The highest BCUT2D eigenvalue weighted by Gasteiger charge is 2.23. The molecule has 0 aliphatic carbocycles. The fraction of sp³-hybridized carbons (Fsp3) is 0.538. The number of likely N-dealkylation sites (N-methyl/N-ethyl adjacent to an activating group) is 1. The van der Waals surface area contributed by atoms with E-state index in [9.17, 15) is 14.5 Å². The highest BCUT2D eigenvalue weighted by atomic mass is 19.1. The Hall–Kier alpha value is -1.69. The van der Waals surface area contributed by atoms with Crippen LogP contribution in [0.3, 0.4) is 0 Å². The van der Waals surface area contributed by atoms with Gasteiger partial charge in [0.1, 0.15) is 11.5 Å². The summed E-state index contributed by atoms with van der Waals surface area (Å²) in [6.45, 7) is 3.29. The van der Waals surface area contributed by atoms with E-state index in [0.717, 1.165) is 25.5 Å². The Balaban J connectivity index is 2.26. The van der Waals surface area contributed by atoms with Crippen LogP contribution < -0.4 is 10.2 Å². The van der Waals surface area contributed by atoms with Crippen molar-refractivity contribution in [2.45, 2.75) is 25.8 Å². The molecule has 1 atom stereocenters. The number of hydrogen-bond donors (Lipinski definition) is 1. The van der Waals surface area contributed by atoms with Gasteiger partial charge in [-0.1, -0.05) is 0 Å². The van der Waals surface area contributed by atoms with Crippen molar-refractivity contribution in [1.82, 2.24) is 5.32 Å². The van der Waals surface area contributed by atoms with E-state index in [4.69, 9.17) is 0 Å². The van der Waals surface area contributed by atoms with Gasteiger partial charge in [-0.15, -0.1) is 0 Å². The molecule has 0 aromatic heterocycles. The lowest BCUT2D eigenvalue weighted by Gasteiger charge is -2.23. The van der Waals surface area contributed by atoms with Gasteiger partial charge in [-0.05, 0) is 37.9 Å². The molecular weight excluding hydrogens is 249 g/mol. The molecule has 0 amide bonds. The number of nitrogens with zero attached hydrogens (tertiary/aromatic N) is 2. The molecule has 1 aliphatic rings. The molecule has 0 saturated carbocycles. The summed E-state index contributed by atoms with van der Waals surface area (Å²) in [5.74, 6) is -0.539. The standard InChI is InChI=1S/C13H18FN3O2/c1-9-6-12(13(17(18)19)7-11(9)14)16(2)8-10-4-3-5-15-10/h6-7,10,15H,3-5,8H2,1-2H3. The first-order valence-corrected chi connectivity index (χ1v) is 6.38. The number of nitrogens with one attached hydrogen (secondary N) is 1. The van der Waals surface area contributed by atoms with Gasteiger partial charge in [0.2, 0.25) is 0 Å². The van der Waals surface area contributed by atoms with Gasteiger partial charge < -0.3 is 10.2 Å². The van der Waals surface area contributed by atoms with Crippen LogP contribution in [0.2, 0.25) is 0 Å². The van der Waals surface area contributed by atoms with Crippen LogP contribution in [0.5, 0.6) is 0 Å². The fourth-order valence-electron chi connectivity index (χ4n) is 2.45. The fourth-order valence-corrected chi connectivity index (χ4v) is 2.45. The third-order valence-electron chi connectivity index (χ3n) is 3.52. The van der Waals surface area contributed by atoms with E-state index >= 15 is 0 Å². The maximum absolute atomic E-state index is 13.5. The molecule has 1 aromatic rings. The molecule has 6 heteroatoms. The first kappa shape index (κ1) is 13.7. The second-order valence-corrected chi connectivity index (χ2v) is 5.02. The maximum atomic E-state index is 13.5. The molecular formula is C13H18FN3O2. The van der Waals surface area contributed by atoms with Crippen molar-refractivity contribution >= 4 is 11.4 Å². The number of nitro groups is 1. The summed E-state index contributed by atoms with van der Waals surface area (Å²) in [5, 5.41) is 14.4. The summed E-state index contributed by atoms with van der Waals surface area (Å²) in [6.07, 6.45) is 2.20. The zero-order valence-electron chi connectivity index (χ0n) is 11.1. The number of rotatable bonds is 4. The molecule has 1 N–H and O–H groups in total. The Labute approximate surface area is 111 Å². The molecule has 5 nitrogen and oxygen atoms in total. The van der Waals surface area contributed by atoms with E-state index < -0.39 is 10.7 Å². The van der Waals surface area contributed by atoms with Gasteiger partial charge >= 0.3 is 0 Å². The summed E-state index contributed by atoms with van der Waals surface area (Å²) >= 11 is 0. The molecule has 1 unspecified atom stereocenters. The summed E-state index contributed by atoms with van der Waals surface area (Å²) in [7, 11) is 1.81. The second kappa shape index (κ2) is 5.52. The Morgan fingerprint density at radius 3 is 2.89 bits per heavy atom. The third kappa shape index (κ3) is 3.01. The molecule has 0 spiro atoms. The third-order valence-corrected chi connectivity index (χ3v) is 3.52. The monoisotopic (exact) mass is 267 g/mol. The smallest absolute Gasteiger partial charge is 0.295 e. The van der Waals surface area contributed by atoms with Crippen LogP contribution in [-0.4, -0.2) is 31.1 Å². The Morgan fingerprint density at radius 1 is 1.58 bits per heavy atom. The number of hydrogen-bond acceptors (Lipinski definition) is 4. The lowest BCUT2D eigenvalue weighted by atomic mass is 10.1. The van der Waals surface area contributed by atoms with E-state index in [2.05, 4.69) is 5.32 Å². The van der Waals surface area contributed by atoms with Gasteiger partial charge in [-0.2, -0.15) is 0 Å². The number of anilines is 1.